The van der Waals surface area contributed by atoms with Crippen molar-refractivity contribution >= 4 is 34.9 Å². The van der Waals surface area contributed by atoms with Gasteiger partial charge in [-0.3, -0.25) is 14.4 Å². The normalized spacial score (nSPS) is 13.9. The molecule has 2 rings (SSSR count). The molecule has 148 valence electrons. The number of anilines is 1. The molecule has 0 aromatic heterocycles. The molecule has 0 aliphatic heterocycles. The van der Waals surface area contributed by atoms with Crippen LogP contribution < -0.4 is 11.1 Å². The molecule has 2 amide bonds. The number of nitrogens with zero attached hydrogens (tertiary/aromatic N) is 1. The number of carbonyl (C=O) groups excluding carboxylic acids is 3. The average Bonchev–Trinajstić information content (AvgIpc) is 2.73. The van der Waals surface area contributed by atoms with Gasteiger partial charge in [0.15, 0.2) is 11.8 Å². The summed E-state index contributed by atoms with van der Waals surface area (Å²) >= 11 is 5.81. The molecule has 0 bridgehead atoms. The van der Waals surface area contributed by atoms with Gasteiger partial charge in [0.2, 0.25) is 5.91 Å². The zero-order chi connectivity index (χ0) is 20.7. The number of hydrogen-bond acceptors (Lipinski definition) is 4. The summed E-state index contributed by atoms with van der Waals surface area (Å²) in [5, 5.41) is 2.69. The number of nitrogens with one attached hydrogen (secondary N) is 1. The molecular formula is C21H24ClN3O3. The average molecular weight is 402 g/mol. The monoisotopic (exact) mass is 401 g/mol. The molecule has 0 aliphatic rings. The minimum absolute atomic E-state index is 0.189. The van der Waals surface area contributed by atoms with E-state index in [0.717, 1.165) is 4.90 Å². The van der Waals surface area contributed by atoms with Gasteiger partial charge in [0.1, 0.15) is 0 Å². The Morgan fingerprint density at radius 3 is 2.11 bits per heavy atom. The fourth-order valence-corrected chi connectivity index (χ4v) is 2.86. The fraction of sp³-hybridized carbons (Fsp3) is 0.286. The van der Waals surface area contributed by atoms with Crippen molar-refractivity contribution in [2.24, 2.45) is 11.7 Å². The maximum atomic E-state index is 13.1. The van der Waals surface area contributed by atoms with Crippen molar-refractivity contribution in [3.05, 3.63) is 66.2 Å². The highest BCUT2D eigenvalue weighted by atomic mass is 35.5. The number of alkyl halides is 1. The standard InChI is InChI=1S/C21H24ClN3O3/c1-14(13-22)17(23)21(28)25(2)18(19(26)15-9-5-3-6-10-15)20(27)24-16-11-7-4-8-12-16/h3-12,14,17-18H,13,23H2,1-2H3,(H,24,27)/t14?,17-,18-/m0/s1. The van der Waals surface area contributed by atoms with Crippen LogP contribution in [0.25, 0.3) is 0 Å². The first-order valence-electron chi connectivity index (χ1n) is 8.90. The van der Waals surface area contributed by atoms with E-state index in [9.17, 15) is 14.4 Å². The number of likely N-dealkylation sites (N-methyl/N-ethyl adjacent to an activating group) is 1. The van der Waals surface area contributed by atoms with E-state index in [4.69, 9.17) is 17.3 Å². The van der Waals surface area contributed by atoms with Gasteiger partial charge in [0.05, 0.1) is 6.04 Å². The van der Waals surface area contributed by atoms with Crippen LogP contribution in [0.15, 0.2) is 60.7 Å². The van der Waals surface area contributed by atoms with Crippen molar-refractivity contribution in [2.45, 2.75) is 19.0 Å². The van der Waals surface area contributed by atoms with Crippen LogP contribution in [0.5, 0.6) is 0 Å². The zero-order valence-corrected chi connectivity index (χ0v) is 16.6. The molecule has 3 atom stereocenters. The van der Waals surface area contributed by atoms with E-state index in [1.165, 1.54) is 7.05 Å². The number of carbonyl (C=O) groups is 3. The van der Waals surface area contributed by atoms with Crippen LogP contribution in [0, 0.1) is 5.92 Å². The van der Waals surface area contributed by atoms with Crippen molar-refractivity contribution in [1.82, 2.24) is 4.90 Å². The molecule has 3 N–H and O–H groups in total. The van der Waals surface area contributed by atoms with Gasteiger partial charge in [0, 0.05) is 24.2 Å². The van der Waals surface area contributed by atoms with Crippen LogP contribution in [0.4, 0.5) is 5.69 Å². The predicted octanol–water partition coefficient (Wildman–Crippen LogP) is 2.54. The van der Waals surface area contributed by atoms with E-state index in [-0.39, 0.29) is 11.8 Å². The van der Waals surface area contributed by atoms with E-state index in [1.54, 1.807) is 61.5 Å². The minimum atomic E-state index is -1.36. The number of Topliss-reactive ketones (excluding diaryl/α,β-unsaturated/α-hetero) is 1. The number of nitrogens with two attached hydrogens (primary N) is 1. The van der Waals surface area contributed by atoms with Crippen molar-refractivity contribution < 1.29 is 14.4 Å². The van der Waals surface area contributed by atoms with Gasteiger partial charge in [-0.15, -0.1) is 11.6 Å². The highest BCUT2D eigenvalue weighted by molar-refractivity contribution is 6.19. The van der Waals surface area contributed by atoms with E-state index in [1.807, 2.05) is 6.07 Å². The Kier molecular flexibility index (Phi) is 7.72. The maximum Gasteiger partial charge on any atom is 0.255 e. The quantitative estimate of drug-likeness (QED) is 0.404. The van der Waals surface area contributed by atoms with Gasteiger partial charge >= 0.3 is 0 Å². The van der Waals surface area contributed by atoms with Crippen LogP contribution in [0.1, 0.15) is 17.3 Å². The smallest absolute Gasteiger partial charge is 0.255 e. The number of para-hydroxylation sites is 1. The van der Waals surface area contributed by atoms with Crippen LogP contribution in [0.3, 0.4) is 0 Å². The summed E-state index contributed by atoms with van der Waals surface area (Å²) in [6.07, 6.45) is 0. The van der Waals surface area contributed by atoms with Gasteiger partial charge in [-0.05, 0) is 18.1 Å². The number of halogens is 1. The van der Waals surface area contributed by atoms with Crippen molar-refractivity contribution in [3.8, 4) is 0 Å². The third kappa shape index (κ3) is 5.18. The number of amides is 2. The molecule has 6 nitrogen and oxygen atoms in total. The van der Waals surface area contributed by atoms with Gasteiger partial charge in [0.25, 0.3) is 5.91 Å². The Labute approximate surface area is 169 Å². The second-order valence-corrected chi connectivity index (χ2v) is 6.90. The summed E-state index contributed by atoms with van der Waals surface area (Å²) in [6.45, 7) is 1.74. The summed E-state index contributed by atoms with van der Waals surface area (Å²) < 4.78 is 0. The molecular weight excluding hydrogens is 378 g/mol. The van der Waals surface area contributed by atoms with Crippen molar-refractivity contribution in [3.63, 3.8) is 0 Å². The van der Waals surface area contributed by atoms with Crippen LogP contribution in [0.2, 0.25) is 0 Å². The Morgan fingerprint density at radius 1 is 1.04 bits per heavy atom. The first-order chi connectivity index (χ1) is 13.4. The number of ketones is 1. The van der Waals surface area contributed by atoms with Crippen LogP contribution >= 0.6 is 11.6 Å². The van der Waals surface area contributed by atoms with Crippen molar-refractivity contribution in [1.29, 1.82) is 0 Å². The summed E-state index contributed by atoms with van der Waals surface area (Å²) in [5.74, 6) is -1.74. The predicted molar refractivity (Wildman–Crippen MR) is 110 cm³/mol. The molecule has 0 spiro atoms. The lowest BCUT2D eigenvalue weighted by Crippen LogP contribution is -2.55. The van der Waals surface area contributed by atoms with Gasteiger partial charge < -0.3 is 16.0 Å². The lowest BCUT2D eigenvalue weighted by molar-refractivity contribution is -0.137. The minimum Gasteiger partial charge on any atom is -0.326 e. The number of rotatable bonds is 8. The van der Waals surface area contributed by atoms with E-state index in [2.05, 4.69) is 5.32 Å². The highest BCUT2D eigenvalue weighted by Crippen LogP contribution is 2.15. The maximum absolute atomic E-state index is 13.1. The Bertz CT molecular complexity index is 814. The summed E-state index contributed by atoms with van der Waals surface area (Å²) in [7, 11) is 1.40. The molecule has 0 fully saturated rings. The summed E-state index contributed by atoms with van der Waals surface area (Å²) in [4.78, 5) is 39.9. The third-order valence-corrected chi connectivity index (χ3v) is 4.96. The van der Waals surface area contributed by atoms with Crippen LogP contribution in [-0.4, -0.2) is 47.5 Å². The molecule has 0 saturated heterocycles. The fourth-order valence-electron chi connectivity index (χ4n) is 2.66. The Morgan fingerprint density at radius 2 is 1.57 bits per heavy atom. The van der Waals surface area contributed by atoms with E-state index in [0.29, 0.717) is 11.3 Å². The van der Waals surface area contributed by atoms with Gasteiger partial charge in [-0.1, -0.05) is 55.5 Å². The van der Waals surface area contributed by atoms with Crippen molar-refractivity contribution in [2.75, 3.05) is 18.2 Å². The first-order valence-corrected chi connectivity index (χ1v) is 9.43. The molecule has 28 heavy (non-hydrogen) atoms. The van der Waals surface area contributed by atoms with E-state index < -0.39 is 29.7 Å². The molecule has 2 aromatic carbocycles. The SMILES string of the molecule is CC(CCl)[C@H](N)C(=O)N(C)[C@H](C(=O)Nc1ccccc1)C(=O)c1ccccc1. The Balaban J connectivity index is 2.33. The molecule has 0 heterocycles. The second-order valence-electron chi connectivity index (χ2n) is 6.59. The van der Waals surface area contributed by atoms with Gasteiger partial charge in [-0.2, -0.15) is 0 Å². The largest absolute Gasteiger partial charge is 0.326 e. The number of benzene rings is 2. The molecule has 7 heteroatoms. The van der Waals surface area contributed by atoms with Crippen LogP contribution in [-0.2, 0) is 9.59 Å². The summed E-state index contributed by atoms with van der Waals surface area (Å²) in [5.41, 5.74) is 6.84. The molecule has 0 aliphatic carbocycles. The third-order valence-electron chi connectivity index (χ3n) is 4.47. The van der Waals surface area contributed by atoms with E-state index >= 15 is 0 Å². The Hall–Kier alpha value is -2.70. The topological polar surface area (TPSA) is 92.5 Å². The lowest BCUT2D eigenvalue weighted by Gasteiger charge is -2.30. The molecule has 0 radical (unpaired) electrons. The second kappa shape index (κ2) is 10.0. The first kappa shape index (κ1) is 21.6. The molecule has 1 unspecified atom stereocenters. The number of hydrogen-bond donors (Lipinski definition) is 2. The zero-order valence-electron chi connectivity index (χ0n) is 15.8. The molecule has 2 aromatic rings. The molecule has 0 saturated carbocycles. The highest BCUT2D eigenvalue weighted by Gasteiger charge is 2.37. The lowest BCUT2D eigenvalue weighted by atomic mass is 9.99. The summed E-state index contributed by atoms with van der Waals surface area (Å²) in [6, 6.07) is 14.8. The van der Waals surface area contributed by atoms with Gasteiger partial charge in [-0.25, -0.2) is 0 Å².